The van der Waals surface area contributed by atoms with Gasteiger partial charge in [-0.15, -0.1) is 0 Å². The summed E-state index contributed by atoms with van der Waals surface area (Å²) in [4.78, 5) is 10.5. The topological polar surface area (TPSA) is 75.2 Å². The maximum absolute atomic E-state index is 10.5. The molecule has 0 atom stereocenters. The highest BCUT2D eigenvalue weighted by molar-refractivity contribution is 5.89. The van der Waals surface area contributed by atoms with Crippen LogP contribution in [0, 0.1) is 0 Å². The third kappa shape index (κ3) is 1.63. The van der Waals surface area contributed by atoms with Gasteiger partial charge in [0, 0.05) is 11.8 Å². The summed E-state index contributed by atoms with van der Waals surface area (Å²) < 4.78 is 4.63. The summed E-state index contributed by atoms with van der Waals surface area (Å²) in [5.74, 6) is -1.06. The summed E-state index contributed by atoms with van der Waals surface area (Å²) in [7, 11) is 1.48. The molecule has 0 amide bonds. The van der Waals surface area contributed by atoms with E-state index >= 15 is 0 Å². The Morgan fingerprint density at radius 3 is 3.17 bits per heavy atom. The molecule has 1 rings (SSSR count). The van der Waals surface area contributed by atoms with Gasteiger partial charge in [0.25, 0.3) is 0 Å². The monoisotopic (exact) mass is 168 g/mol. The Morgan fingerprint density at radius 1 is 1.83 bits per heavy atom. The molecule has 0 radical (unpaired) electrons. The number of hydrogen-bond acceptors (Lipinski definition) is 3. The first kappa shape index (κ1) is 8.32. The molecule has 5 nitrogen and oxygen atoms in total. The zero-order valence-corrected chi connectivity index (χ0v) is 6.44. The average Bonchev–Trinajstić information content (AvgIpc) is 2.48. The molecule has 0 aliphatic carbocycles. The van der Waals surface area contributed by atoms with Crippen molar-refractivity contribution in [2.75, 3.05) is 7.11 Å². The van der Waals surface area contributed by atoms with E-state index in [2.05, 4.69) is 14.9 Å². The molecule has 0 bridgehead atoms. The second-order valence-electron chi connectivity index (χ2n) is 2.03. The maximum atomic E-state index is 10.5. The molecular formula is C7H8N2O3. The lowest BCUT2D eigenvalue weighted by Crippen LogP contribution is -1.98. The van der Waals surface area contributed by atoms with E-state index < -0.39 is 5.97 Å². The number of methoxy groups -OCH3 is 1. The Bertz CT molecular complexity index is 303. The Hall–Kier alpha value is -1.78. The Labute approximate surface area is 68.7 Å². The fourth-order valence-electron chi connectivity index (χ4n) is 0.739. The van der Waals surface area contributed by atoms with Crippen molar-refractivity contribution in [2.24, 2.45) is 0 Å². The molecular weight excluding hydrogens is 160 g/mol. The largest absolute Gasteiger partial charge is 0.504 e. The van der Waals surface area contributed by atoms with Gasteiger partial charge in [-0.05, 0) is 6.08 Å². The minimum atomic E-state index is -1.06. The maximum Gasteiger partial charge on any atom is 0.357 e. The predicted octanol–water partition coefficient (Wildman–Crippen LogP) is 0.725. The molecule has 12 heavy (non-hydrogen) atoms. The highest BCUT2D eigenvalue weighted by Crippen LogP contribution is 2.06. The summed E-state index contributed by atoms with van der Waals surface area (Å²) in [5.41, 5.74) is 0.479. The van der Waals surface area contributed by atoms with E-state index in [4.69, 9.17) is 5.11 Å². The van der Waals surface area contributed by atoms with Crippen LogP contribution in [0.15, 0.2) is 12.5 Å². The van der Waals surface area contributed by atoms with E-state index in [-0.39, 0.29) is 5.69 Å². The summed E-state index contributed by atoms with van der Waals surface area (Å²) in [6.45, 7) is 0. The Kier molecular flexibility index (Phi) is 2.47. The number of nitrogens with one attached hydrogen (secondary N) is 1. The van der Waals surface area contributed by atoms with Crippen LogP contribution in [0.1, 0.15) is 16.1 Å². The van der Waals surface area contributed by atoms with Gasteiger partial charge < -0.3 is 9.84 Å². The number of carboxylic acid groups (broad SMARTS) is 1. The standard InChI is InChI=1S/C7H8N2O3/c1-12-3-2-5-4-8-9-6(5)7(10)11/h2-4H,1H3,(H,8,9)(H,10,11). The van der Waals surface area contributed by atoms with Gasteiger partial charge in [0.05, 0.1) is 13.4 Å². The number of carboxylic acids is 1. The smallest absolute Gasteiger partial charge is 0.357 e. The van der Waals surface area contributed by atoms with Gasteiger partial charge in [0.15, 0.2) is 5.69 Å². The van der Waals surface area contributed by atoms with Crippen molar-refractivity contribution >= 4 is 12.0 Å². The van der Waals surface area contributed by atoms with Crippen LogP contribution in [0.5, 0.6) is 0 Å². The molecule has 1 aromatic rings. The van der Waals surface area contributed by atoms with Gasteiger partial charge in [-0.2, -0.15) is 5.10 Å². The van der Waals surface area contributed by atoms with Crippen molar-refractivity contribution in [3.63, 3.8) is 0 Å². The zero-order chi connectivity index (χ0) is 8.97. The number of H-pyrrole nitrogens is 1. The van der Waals surface area contributed by atoms with E-state index in [0.29, 0.717) is 5.56 Å². The Morgan fingerprint density at radius 2 is 2.58 bits per heavy atom. The molecule has 0 unspecified atom stereocenters. The molecule has 1 heterocycles. The normalized spacial score (nSPS) is 10.4. The highest BCUT2D eigenvalue weighted by Gasteiger charge is 2.09. The van der Waals surface area contributed by atoms with E-state index in [0.717, 1.165) is 0 Å². The highest BCUT2D eigenvalue weighted by atomic mass is 16.5. The zero-order valence-electron chi connectivity index (χ0n) is 6.44. The molecule has 0 spiro atoms. The fraction of sp³-hybridized carbons (Fsp3) is 0.143. The number of aromatic nitrogens is 2. The van der Waals surface area contributed by atoms with Gasteiger partial charge in [-0.1, -0.05) is 0 Å². The van der Waals surface area contributed by atoms with Crippen LogP contribution < -0.4 is 0 Å². The number of carbonyl (C=O) groups is 1. The molecule has 64 valence electrons. The number of ether oxygens (including phenoxy) is 1. The van der Waals surface area contributed by atoms with Crippen molar-refractivity contribution in [1.82, 2.24) is 10.2 Å². The van der Waals surface area contributed by atoms with Crippen LogP contribution >= 0.6 is 0 Å². The Balaban J connectivity index is 2.91. The van der Waals surface area contributed by atoms with Crippen LogP contribution in [0.3, 0.4) is 0 Å². The van der Waals surface area contributed by atoms with Crippen LogP contribution in [-0.4, -0.2) is 28.4 Å². The van der Waals surface area contributed by atoms with Crippen LogP contribution in [0.25, 0.3) is 6.08 Å². The van der Waals surface area contributed by atoms with Crippen molar-refractivity contribution in [3.05, 3.63) is 23.7 Å². The van der Waals surface area contributed by atoms with E-state index in [1.165, 1.54) is 25.6 Å². The van der Waals surface area contributed by atoms with Gasteiger partial charge in [0.2, 0.25) is 0 Å². The lowest BCUT2D eigenvalue weighted by Gasteiger charge is -1.88. The molecule has 1 aromatic heterocycles. The predicted molar refractivity (Wildman–Crippen MR) is 41.6 cm³/mol. The lowest BCUT2D eigenvalue weighted by atomic mass is 10.2. The molecule has 0 aliphatic heterocycles. The molecule has 0 fully saturated rings. The van der Waals surface area contributed by atoms with E-state index in [1.807, 2.05) is 0 Å². The van der Waals surface area contributed by atoms with Gasteiger partial charge in [-0.25, -0.2) is 4.79 Å². The third-order valence-corrected chi connectivity index (χ3v) is 1.26. The number of rotatable bonds is 3. The third-order valence-electron chi connectivity index (χ3n) is 1.26. The van der Waals surface area contributed by atoms with Crippen molar-refractivity contribution < 1.29 is 14.6 Å². The SMILES string of the molecule is COC=Cc1c[nH]nc1C(=O)O. The minimum absolute atomic E-state index is 0.0108. The second kappa shape index (κ2) is 3.56. The quantitative estimate of drug-likeness (QED) is 0.652. The number of aromatic amines is 1. The van der Waals surface area contributed by atoms with Crippen LogP contribution in [0.4, 0.5) is 0 Å². The molecule has 0 aromatic carbocycles. The van der Waals surface area contributed by atoms with Crippen molar-refractivity contribution in [3.8, 4) is 0 Å². The molecule has 2 N–H and O–H groups in total. The molecule has 0 aliphatic rings. The average molecular weight is 168 g/mol. The molecule has 0 saturated carbocycles. The van der Waals surface area contributed by atoms with Crippen molar-refractivity contribution in [2.45, 2.75) is 0 Å². The van der Waals surface area contributed by atoms with Crippen molar-refractivity contribution in [1.29, 1.82) is 0 Å². The molecule has 0 saturated heterocycles. The van der Waals surface area contributed by atoms with Gasteiger partial charge >= 0.3 is 5.97 Å². The van der Waals surface area contributed by atoms with Gasteiger partial charge in [0.1, 0.15) is 0 Å². The number of nitrogens with zero attached hydrogens (tertiary/aromatic N) is 1. The summed E-state index contributed by atoms with van der Waals surface area (Å²) >= 11 is 0. The number of aromatic carboxylic acids is 1. The minimum Gasteiger partial charge on any atom is -0.504 e. The van der Waals surface area contributed by atoms with E-state index in [9.17, 15) is 4.79 Å². The van der Waals surface area contributed by atoms with Crippen LogP contribution in [-0.2, 0) is 4.74 Å². The van der Waals surface area contributed by atoms with Gasteiger partial charge in [-0.3, -0.25) is 5.10 Å². The first-order chi connectivity index (χ1) is 5.75. The first-order valence-electron chi connectivity index (χ1n) is 3.22. The summed E-state index contributed by atoms with van der Waals surface area (Å²) in [6, 6.07) is 0. The van der Waals surface area contributed by atoms with E-state index in [1.54, 1.807) is 0 Å². The first-order valence-corrected chi connectivity index (χ1v) is 3.22. The summed E-state index contributed by atoms with van der Waals surface area (Å²) in [5, 5.41) is 14.6. The molecule has 5 heteroatoms. The fourth-order valence-corrected chi connectivity index (χ4v) is 0.739. The van der Waals surface area contributed by atoms with Crippen LogP contribution in [0.2, 0.25) is 0 Å². The second-order valence-corrected chi connectivity index (χ2v) is 2.03. The summed E-state index contributed by atoms with van der Waals surface area (Å²) in [6.07, 6.45) is 4.39. The lowest BCUT2D eigenvalue weighted by molar-refractivity contribution is 0.0690. The number of hydrogen-bond donors (Lipinski definition) is 2.